The fourth-order valence-corrected chi connectivity index (χ4v) is 7.36. The highest BCUT2D eigenvalue weighted by Gasteiger charge is 2.63. The van der Waals surface area contributed by atoms with E-state index in [1.807, 2.05) is 12.2 Å². The van der Waals surface area contributed by atoms with Gasteiger partial charge in [0.2, 0.25) is 0 Å². The van der Waals surface area contributed by atoms with Crippen LogP contribution in [0.25, 0.3) is 0 Å². The summed E-state index contributed by atoms with van der Waals surface area (Å²) < 4.78 is 0. The molecule has 2 nitrogen and oxygen atoms in total. The number of rotatable bonds is 0. The van der Waals surface area contributed by atoms with Crippen molar-refractivity contribution in [2.45, 2.75) is 64.9 Å². The SMILES string of the molecule is C#C[C@]1(O)C(Cl)=CC[C@H]2[C@@H]3[C@H](C)CC4=CC(=O)CC[C@]4(C)[C@H]3CC[C@@]21C. The Morgan fingerprint density at radius 3 is 2.73 bits per heavy atom. The summed E-state index contributed by atoms with van der Waals surface area (Å²) >= 11 is 6.42. The van der Waals surface area contributed by atoms with Crippen LogP contribution >= 0.6 is 11.6 Å². The summed E-state index contributed by atoms with van der Waals surface area (Å²) in [6, 6.07) is 0. The highest BCUT2D eigenvalue weighted by atomic mass is 35.5. The molecule has 0 heterocycles. The Morgan fingerprint density at radius 2 is 2.04 bits per heavy atom. The van der Waals surface area contributed by atoms with E-state index in [0.29, 0.717) is 35.1 Å². The van der Waals surface area contributed by atoms with Gasteiger partial charge in [0.25, 0.3) is 0 Å². The average Bonchev–Trinajstić information content (AvgIpc) is 2.60. The van der Waals surface area contributed by atoms with E-state index in [0.717, 1.165) is 32.1 Å². The molecule has 0 aliphatic heterocycles. The predicted octanol–water partition coefficient (Wildman–Crippen LogP) is 4.86. The van der Waals surface area contributed by atoms with E-state index in [2.05, 4.69) is 26.7 Å². The van der Waals surface area contributed by atoms with Gasteiger partial charge in [0, 0.05) is 11.8 Å². The van der Waals surface area contributed by atoms with Gasteiger partial charge in [-0.2, -0.15) is 0 Å². The summed E-state index contributed by atoms with van der Waals surface area (Å²) in [5.41, 5.74) is -0.263. The van der Waals surface area contributed by atoms with Gasteiger partial charge >= 0.3 is 0 Å². The van der Waals surface area contributed by atoms with Crippen molar-refractivity contribution in [1.29, 1.82) is 0 Å². The molecule has 26 heavy (non-hydrogen) atoms. The normalized spacial score (nSPS) is 50.5. The zero-order valence-electron chi connectivity index (χ0n) is 16.0. The van der Waals surface area contributed by atoms with Gasteiger partial charge in [-0.1, -0.05) is 49.9 Å². The molecular weight excluding hydrogens is 344 g/mol. The van der Waals surface area contributed by atoms with Crippen LogP contribution in [0.2, 0.25) is 0 Å². The van der Waals surface area contributed by atoms with E-state index < -0.39 is 5.60 Å². The topological polar surface area (TPSA) is 37.3 Å². The number of hydrogen-bond donors (Lipinski definition) is 1. The van der Waals surface area contributed by atoms with Crippen molar-refractivity contribution in [2.24, 2.45) is 34.5 Å². The van der Waals surface area contributed by atoms with E-state index >= 15 is 0 Å². The van der Waals surface area contributed by atoms with E-state index in [4.69, 9.17) is 18.0 Å². The van der Waals surface area contributed by atoms with Crippen LogP contribution in [0.4, 0.5) is 0 Å². The molecule has 0 aromatic heterocycles. The first kappa shape index (κ1) is 18.3. The van der Waals surface area contributed by atoms with E-state index in [9.17, 15) is 9.90 Å². The van der Waals surface area contributed by atoms with Gasteiger partial charge in [-0.3, -0.25) is 4.79 Å². The molecule has 2 fully saturated rings. The average molecular weight is 373 g/mol. The molecule has 0 aromatic rings. The number of allylic oxidation sites excluding steroid dienone is 3. The Bertz CT molecular complexity index is 759. The lowest BCUT2D eigenvalue weighted by Gasteiger charge is -2.63. The second-order valence-electron chi connectivity index (χ2n) is 9.62. The summed E-state index contributed by atoms with van der Waals surface area (Å²) in [6.45, 7) is 6.84. The van der Waals surface area contributed by atoms with Crippen LogP contribution in [0.1, 0.15) is 59.3 Å². The minimum atomic E-state index is -1.36. The quantitative estimate of drug-likeness (QED) is 0.616. The Morgan fingerprint density at radius 1 is 1.31 bits per heavy atom. The third kappa shape index (κ3) is 2.14. The Labute approximate surface area is 162 Å². The van der Waals surface area contributed by atoms with E-state index in [-0.39, 0.29) is 16.6 Å². The van der Waals surface area contributed by atoms with Crippen LogP contribution in [0.15, 0.2) is 22.8 Å². The Hall–Kier alpha value is -1.04. The summed E-state index contributed by atoms with van der Waals surface area (Å²) in [6.07, 6.45) is 15.1. The zero-order valence-corrected chi connectivity index (χ0v) is 16.8. The maximum Gasteiger partial charge on any atom is 0.166 e. The molecule has 0 spiro atoms. The van der Waals surface area contributed by atoms with Crippen molar-refractivity contribution < 1.29 is 9.90 Å². The molecular formula is C23H29ClO2. The number of terminal acetylenes is 1. The third-order valence-corrected chi connectivity index (χ3v) is 9.06. The first-order chi connectivity index (χ1) is 12.2. The second kappa shape index (κ2) is 5.73. The molecule has 0 radical (unpaired) electrons. The third-order valence-electron chi connectivity index (χ3n) is 8.63. The van der Waals surface area contributed by atoms with E-state index in [1.54, 1.807) is 0 Å². The van der Waals surface area contributed by atoms with Gasteiger partial charge in [-0.05, 0) is 67.3 Å². The number of halogens is 1. The number of aliphatic hydroxyl groups is 1. The van der Waals surface area contributed by atoms with Gasteiger partial charge in [0.05, 0.1) is 5.03 Å². The van der Waals surface area contributed by atoms with Crippen molar-refractivity contribution >= 4 is 17.4 Å². The minimum Gasteiger partial charge on any atom is -0.372 e. The van der Waals surface area contributed by atoms with Crippen LogP contribution in [0, 0.1) is 46.8 Å². The molecule has 2 saturated carbocycles. The van der Waals surface area contributed by atoms with Crippen LogP contribution in [0.3, 0.4) is 0 Å². The second-order valence-corrected chi connectivity index (χ2v) is 10.0. The van der Waals surface area contributed by atoms with Crippen LogP contribution in [0.5, 0.6) is 0 Å². The van der Waals surface area contributed by atoms with Crippen LogP contribution in [-0.2, 0) is 4.79 Å². The molecule has 4 aliphatic rings. The first-order valence-electron chi connectivity index (χ1n) is 9.97. The van der Waals surface area contributed by atoms with Crippen LogP contribution < -0.4 is 0 Å². The lowest BCUT2D eigenvalue weighted by atomic mass is 9.41. The highest BCUT2D eigenvalue weighted by molar-refractivity contribution is 6.31. The summed E-state index contributed by atoms with van der Waals surface area (Å²) in [5.74, 6) is 4.81. The minimum absolute atomic E-state index is 0.117. The summed E-state index contributed by atoms with van der Waals surface area (Å²) in [7, 11) is 0. The number of hydrogen-bond acceptors (Lipinski definition) is 2. The predicted molar refractivity (Wildman–Crippen MR) is 104 cm³/mol. The maximum absolute atomic E-state index is 12.0. The molecule has 7 atom stereocenters. The molecule has 0 saturated heterocycles. The molecule has 1 N–H and O–H groups in total. The molecule has 0 amide bonds. The van der Waals surface area contributed by atoms with Crippen molar-refractivity contribution in [1.82, 2.24) is 0 Å². The lowest BCUT2D eigenvalue weighted by Crippen LogP contribution is -2.61. The maximum atomic E-state index is 12.0. The van der Waals surface area contributed by atoms with Crippen LogP contribution in [-0.4, -0.2) is 16.5 Å². The van der Waals surface area contributed by atoms with Crippen molar-refractivity contribution in [2.75, 3.05) is 0 Å². The molecule has 0 bridgehead atoms. The molecule has 3 heteroatoms. The monoisotopic (exact) mass is 372 g/mol. The van der Waals surface area contributed by atoms with Gasteiger partial charge in [0.1, 0.15) is 0 Å². The number of ketones is 1. The van der Waals surface area contributed by atoms with Crippen molar-refractivity contribution in [3.8, 4) is 12.3 Å². The van der Waals surface area contributed by atoms with Gasteiger partial charge < -0.3 is 5.11 Å². The van der Waals surface area contributed by atoms with E-state index in [1.165, 1.54) is 5.57 Å². The van der Waals surface area contributed by atoms with Crippen molar-refractivity contribution in [3.63, 3.8) is 0 Å². The number of carbonyl (C=O) groups is 1. The standard InChI is InChI=1S/C23H29ClO2/c1-5-23(26)19(24)7-6-18-20-14(2)12-15-13-16(25)8-10-21(15,3)17(20)9-11-22(18,23)4/h1,7,13-14,17-18,20,26H,6,8-12H2,2-4H3/t14-,17+,18+,20-,21+,22+,23+/m1/s1. The Balaban J connectivity index is 1.79. The van der Waals surface area contributed by atoms with Crippen molar-refractivity contribution in [3.05, 3.63) is 22.8 Å². The highest BCUT2D eigenvalue weighted by Crippen LogP contribution is 2.67. The van der Waals surface area contributed by atoms with Gasteiger partial charge in [-0.15, -0.1) is 6.42 Å². The molecule has 0 unspecified atom stereocenters. The molecule has 0 aromatic carbocycles. The fourth-order valence-electron chi connectivity index (χ4n) is 7.00. The molecule has 4 rings (SSSR count). The fraction of sp³-hybridized carbons (Fsp3) is 0.696. The summed E-state index contributed by atoms with van der Waals surface area (Å²) in [4.78, 5) is 12.0. The largest absolute Gasteiger partial charge is 0.372 e. The zero-order chi connectivity index (χ0) is 18.9. The first-order valence-corrected chi connectivity index (χ1v) is 10.4. The lowest BCUT2D eigenvalue weighted by molar-refractivity contribution is -0.141. The Kier molecular flexibility index (Phi) is 4.04. The number of fused-ring (bicyclic) bond motifs is 5. The molecule has 140 valence electrons. The summed E-state index contributed by atoms with van der Waals surface area (Å²) in [5, 5.41) is 11.7. The van der Waals surface area contributed by atoms with Gasteiger partial charge in [0.15, 0.2) is 11.4 Å². The molecule has 4 aliphatic carbocycles. The number of carbonyl (C=O) groups excluding carboxylic acids is 1. The smallest absolute Gasteiger partial charge is 0.166 e. The van der Waals surface area contributed by atoms with Gasteiger partial charge in [-0.25, -0.2) is 0 Å².